The van der Waals surface area contributed by atoms with Gasteiger partial charge in [0.2, 0.25) is 5.91 Å². The Bertz CT molecular complexity index is 390. The fraction of sp³-hybridized carbons (Fsp3) is 0.462. The first-order chi connectivity index (χ1) is 8.75. The quantitative estimate of drug-likeness (QED) is 0.836. The molecule has 2 rings (SSSR count). The van der Waals surface area contributed by atoms with Gasteiger partial charge in [-0.25, -0.2) is 4.39 Å². The predicted octanol–water partition coefficient (Wildman–Crippen LogP) is 1.92. The number of benzene rings is 1. The molecule has 0 spiro atoms. The van der Waals surface area contributed by atoms with E-state index in [9.17, 15) is 9.18 Å². The maximum absolute atomic E-state index is 12.7. The molecule has 0 bridgehead atoms. The highest BCUT2D eigenvalue weighted by Gasteiger charge is 2.16. The summed E-state index contributed by atoms with van der Waals surface area (Å²) in [4.78, 5) is 13.7. The Kier molecular flexibility index (Phi) is 5.01. The number of carbonyl (C=O) groups excluding carboxylic acids is 1. The normalized spacial score (nSPS) is 15.7. The van der Waals surface area contributed by atoms with Crippen molar-refractivity contribution in [1.29, 1.82) is 0 Å². The lowest BCUT2D eigenvalue weighted by atomic mass is 10.2. The van der Waals surface area contributed by atoms with Gasteiger partial charge in [0.05, 0.1) is 19.0 Å². The summed E-state index contributed by atoms with van der Waals surface area (Å²) in [6, 6.07) is 6.39. The number of hydrogen-bond acceptors (Lipinski definition) is 3. The van der Waals surface area contributed by atoms with Crippen molar-refractivity contribution in [1.82, 2.24) is 4.90 Å². The van der Waals surface area contributed by atoms with E-state index in [-0.39, 0.29) is 11.7 Å². The molecule has 1 aromatic carbocycles. The van der Waals surface area contributed by atoms with Gasteiger partial charge >= 0.3 is 0 Å². The lowest BCUT2D eigenvalue weighted by Crippen LogP contribution is -2.41. The second-order valence-electron chi connectivity index (χ2n) is 4.11. The van der Waals surface area contributed by atoms with Gasteiger partial charge in [-0.05, 0) is 17.7 Å². The molecule has 1 aliphatic rings. The Morgan fingerprint density at radius 3 is 2.61 bits per heavy atom. The van der Waals surface area contributed by atoms with E-state index in [0.717, 1.165) is 11.3 Å². The van der Waals surface area contributed by atoms with Crippen LogP contribution in [-0.2, 0) is 15.3 Å². The van der Waals surface area contributed by atoms with Crippen LogP contribution in [-0.4, -0.2) is 42.9 Å². The molecule has 0 aromatic heterocycles. The number of halogens is 1. The van der Waals surface area contributed by atoms with Gasteiger partial charge in [0, 0.05) is 18.8 Å². The molecule has 0 radical (unpaired) electrons. The Morgan fingerprint density at radius 1 is 1.28 bits per heavy atom. The molecular formula is C13H16FNO2S. The first-order valence-corrected chi connectivity index (χ1v) is 7.09. The zero-order chi connectivity index (χ0) is 12.8. The minimum atomic E-state index is -0.229. The number of ether oxygens (including phenoxy) is 1. The summed E-state index contributed by atoms with van der Waals surface area (Å²) >= 11 is 1.56. The highest BCUT2D eigenvalue weighted by atomic mass is 32.2. The maximum atomic E-state index is 12.7. The molecular weight excluding hydrogens is 253 g/mol. The zero-order valence-electron chi connectivity index (χ0n) is 10.1. The molecule has 0 atom stereocenters. The van der Waals surface area contributed by atoms with Crippen molar-refractivity contribution in [3.63, 3.8) is 0 Å². The molecule has 0 N–H and O–H groups in total. The van der Waals surface area contributed by atoms with Gasteiger partial charge in [-0.1, -0.05) is 12.1 Å². The third-order valence-corrected chi connectivity index (χ3v) is 3.76. The molecule has 5 heteroatoms. The van der Waals surface area contributed by atoms with Crippen molar-refractivity contribution in [2.24, 2.45) is 0 Å². The Morgan fingerprint density at radius 2 is 1.94 bits per heavy atom. The smallest absolute Gasteiger partial charge is 0.232 e. The predicted molar refractivity (Wildman–Crippen MR) is 70.0 cm³/mol. The average Bonchev–Trinajstić information content (AvgIpc) is 2.42. The van der Waals surface area contributed by atoms with E-state index in [0.29, 0.717) is 32.1 Å². The molecule has 1 amide bonds. The first-order valence-electron chi connectivity index (χ1n) is 5.93. The monoisotopic (exact) mass is 269 g/mol. The number of amides is 1. The Labute approximate surface area is 110 Å². The van der Waals surface area contributed by atoms with Gasteiger partial charge in [0.25, 0.3) is 0 Å². The van der Waals surface area contributed by atoms with Crippen LogP contribution in [0.2, 0.25) is 0 Å². The van der Waals surface area contributed by atoms with Crippen molar-refractivity contribution in [2.75, 3.05) is 32.1 Å². The topological polar surface area (TPSA) is 29.5 Å². The van der Waals surface area contributed by atoms with Crippen LogP contribution >= 0.6 is 11.8 Å². The lowest BCUT2D eigenvalue weighted by Gasteiger charge is -2.26. The fourth-order valence-corrected chi connectivity index (χ4v) is 2.63. The van der Waals surface area contributed by atoms with Crippen LogP contribution in [0.3, 0.4) is 0 Å². The van der Waals surface area contributed by atoms with Crippen molar-refractivity contribution in [3.05, 3.63) is 35.6 Å². The van der Waals surface area contributed by atoms with Gasteiger partial charge in [-0.3, -0.25) is 4.79 Å². The first kappa shape index (κ1) is 13.4. The van der Waals surface area contributed by atoms with Crippen LogP contribution in [0.25, 0.3) is 0 Å². The Balaban J connectivity index is 1.71. The van der Waals surface area contributed by atoms with Gasteiger partial charge in [0.1, 0.15) is 5.82 Å². The van der Waals surface area contributed by atoms with Crippen LogP contribution < -0.4 is 0 Å². The number of thioether (sulfide) groups is 1. The van der Waals surface area contributed by atoms with Gasteiger partial charge in [0.15, 0.2) is 0 Å². The molecule has 1 saturated heterocycles. The van der Waals surface area contributed by atoms with Crippen LogP contribution in [0.4, 0.5) is 4.39 Å². The maximum Gasteiger partial charge on any atom is 0.232 e. The van der Waals surface area contributed by atoms with Crippen molar-refractivity contribution in [2.45, 2.75) is 5.75 Å². The fourth-order valence-electron chi connectivity index (χ4n) is 1.74. The third-order valence-electron chi connectivity index (χ3n) is 2.77. The van der Waals surface area contributed by atoms with Crippen LogP contribution in [0.5, 0.6) is 0 Å². The van der Waals surface area contributed by atoms with E-state index in [1.54, 1.807) is 23.9 Å². The van der Waals surface area contributed by atoms with Gasteiger partial charge in [-0.15, -0.1) is 11.8 Å². The number of morpholine rings is 1. The Hall–Kier alpha value is -1.07. The molecule has 1 aromatic rings. The van der Waals surface area contributed by atoms with E-state index in [4.69, 9.17) is 4.74 Å². The zero-order valence-corrected chi connectivity index (χ0v) is 10.9. The summed E-state index contributed by atoms with van der Waals surface area (Å²) in [7, 11) is 0. The number of carbonyl (C=O) groups is 1. The van der Waals surface area contributed by atoms with Gasteiger partial charge in [-0.2, -0.15) is 0 Å². The average molecular weight is 269 g/mol. The largest absolute Gasteiger partial charge is 0.378 e. The SMILES string of the molecule is O=C(CSCc1ccc(F)cc1)N1CCOCC1. The van der Waals surface area contributed by atoms with E-state index in [1.165, 1.54) is 12.1 Å². The summed E-state index contributed by atoms with van der Waals surface area (Å²) in [5.41, 5.74) is 1.04. The number of rotatable bonds is 4. The van der Waals surface area contributed by atoms with Crippen molar-refractivity contribution < 1.29 is 13.9 Å². The molecule has 1 heterocycles. The van der Waals surface area contributed by atoms with Crippen LogP contribution in [0, 0.1) is 5.82 Å². The molecule has 0 aliphatic carbocycles. The standard InChI is InChI=1S/C13H16FNO2S/c14-12-3-1-11(2-4-12)9-18-10-13(16)15-5-7-17-8-6-15/h1-4H,5-10H2. The molecule has 18 heavy (non-hydrogen) atoms. The molecule has 0 unspecified atom stereocenters. The molecule has 1 aliphatic heterocycles. The highest BCUT2D eigenvalue weighted by molar-refractivity contribution is 7.99. The van der Waals surface area contributed by atoms with E-state index < -0.39 is 0 Å². The molecule has 0 saturated carbocycles. The van der Waals surface area contributed by atoms with Crippen LogP contribution in [0.1, 0.15) is 5.56 Å². The van der Waals surface area contributed by atoms with E-state index in [2.05, 4.69) is 0 Å². The summed E-state index contributed by atoms with van der Waals surface area (Å²) in [5.74, 6) is 1.13. The third kappa shape index (κ3) is 3.99. The second kappa shape index (κ2) is 6.75. The van der Waals surface area contributed by atoms with E-state index in [1.807, 2.05) is 4.90 Å². The second-order valence-corrected chi connectivity index (χ2v) is 5.10. The van der Waals surface area contributed by atoms with Crippen molar-refractivity contribution >= 4 is 17.7 Å². The minimum absolute atomic E-state index is 0.158. The molecule has 3 nitrogen and oxygen atoms in total. The van der Waals surface area contributed by atoms with E-state index >= 15 is 0 Å². The van der Waals surface area contributed by atoms with Gasteiger partial charge < -0.3 is 9.64 Å². The molecule has 98 valence electrons. The minimum Gasteiger partial charge on any atom is -0.378 e. The summed E-state index contributed by atoms with van der Waals surface area (Å²) in [6.45, 7) is 2.65. The number of nitrogens with zero attached hydrogens (tertiary/aromatic N) is 1. The lowest BCUT2D eigenvalue weighted by molar-refractivity contribution is -0.132. The van der Waals surface area contributed by atoms with Crippen molar-refractivity contribution in [3.8, 4) is 0 Å². The highest BCUT2D eigenvalue weighted by Crippen LogP contribution is 2.13. The summed E-state index contributed by atoms with van der Waals surface area (Å²) in [5, 5.41) is 0. The van der Waals surface area contributed by atoms with Crippen LogP contribution in [0.15, 0.2) is 24.3 Å². The summed E-state index contributed by atoms with van der Waals surface area (Å²) < 4.78 is 17.9. The molecule has 1 fully saturated rings. The summed E-state index contributed by atoms with van der Waals surface area (Å²) in [6.07, 6.45) is 0. The number of hydrogen-bond donors (Lipinski definition) is 0.